The standard InChI is InChI=1S/C16H25N3O.ClH/c1-12(2)15(17)16(20)19-10-6-9-14(11-19)18-13-7-4-3-5-8-13;/h3-5,7-8,12,14-15,18H,6,9-11,17H2,1-2H3;1H/t14?,15-;/m0./s1. The Labute approximate surface area is 133 Å². The number of rotatable bonds is 4. The van der Waals surface area contributed by atoms with E-state index in [2.05, 4.69) is 17.4 Å². The molecule has 1 amide bonds. The topological polar surface area (TPSA) is 58.4 Å². The van der Waals surface area contributed by atoms with Crippen LogP contribution in [-0.4, -0.2) is 36.0 Å². The number of halogens is 1. The molecule has 3 N–H and O–H groups in total. The minimum atomic E-state index is -0.384. The van der Waals surface area contributed by atoms with E-state index in [1.165, 1.54) is 0 Å². The first kappa shape index (κ1) is 17.8. The maximum Gasteiger partial charge on any atom is 0.239 e. The Kier molecular flexibility index (Phi) is 6.99. The van der Waals surface area contributed by atoms with Crippen molar-refractivity contribution in [1.82, 2.24) is 4.90 Å². The number of carbonyl (C=O) groups excluding carboxylic acids is 1. The lowest BCUT2D eigenvalue weighted by atomic mass is 10.0. The third-order valence-corrected chi connectivity index (χ3v) is 3.88. The molecule has 4 nitrogen and oxygen atoms in total. The molecule has 1 saturated heterocycles. The average molecular weight is 312 g/mol. The van der Waals surface area contributed by atoms with Crippen LogP contribution in [0.4, 0.5) is 5.69 Å². The second-order valence-electron chi connectivity index (χ2n) is 5.90. The fourth-order valence-corrected chi connectivity index (χ4v) is 2.56. The van der Waals surface area contributed by atoms with Crippen molar-refractivity contribution in [3.05, 3.63) is 30.3 Å². The maximum absolute atomic E-state index is 12.3. The molecule has 1 aliphatic rings. The van der Waals surface area contributed by atoms with Crippen LogP contribution in [0.1, 0.15) is 26.7 Å². The molecule has 21 heavy (non-hydrogen) atoms. The summed E-state index contributed by atoms with van der Waals surface area (Å²) in [4.78, 5) is 14.2. The molecule has 0 spiro atoms. The fraction of sp³-hybridized carbons (Fsp3) is 0.562. The van der Waals surface area contributed by atoms with Crippen LogP contribution >= 0.6 is 12.4 Å². The van der Waals surface area contributed by atoms with Crippen molar-refractivity contribution >= 4 is 24.0 Å². The van der Waals surface area contributed by atoms with Crippen LogP contribution in [0, 0.1) is 5.92 Å². The summed E-state index contributed by atoms with van der Waals surface area (Å²) in [6, 6.07) is 10.1. The first-order valence-corrected chi connectivity index (χ1v) is 7.44. The monoisotopic (exact) mass is 311 g/mol. The summed E-state index contributed by atoms with van der Waals surface area (Å²) >= 11 is 0. The van der Waals surface area contributed by atoms with Crippen molar-refractivity contribution in [2.45, 2.75) is 38.8 Å². The van der Waals surface area contributed by atoms with Crippen molar-refractivity contribution in [3.8, 4) is 0 Å². The van der Waals surface area contributed by atoms with Gasteiger partial charge in [0.05, 0.1) is 6.04 Å². The van der Waals surface area contributed by atoms with Crippen molar-refractivity contribution in [2.24, 2.45) is 11.7 Å². The van der Waals surface area contributed by atoms with Gasteiger partial charge in [0.15, 0.2) is 0 Å². The molecule has 1 aromatic rings. The van der Waals surface area contributed by atoms with E-state index < -0.39 is 0 Å². The SMILES string of the molecule is CC(C)[C@H](N)C(=O)N1CCCC(Nc2ccccc2)C1.Cl. The van der Waals surface area contributed by atoms with Gasteiger partial charge < -0.3 is 16.0 Å². The number of likely N-dealkylation sites (tertiary alicyclic amines) is 1. The molecular weight excluding hydrogens is 286 g/mol. The number of nitrogens with zero attached hydrogens (tertiary/aromatic N) is 1. The number of hydrogen-bond donors (Lipinski definition) is 2. The summed E-state index contributed by atoms with van der Waals surface area (Å²) in [6.07, 6.45) is 2.12. The van der Waals surface area contributed by atoms with Crippen molar-refractivity contribution < 1.29 is 4.79 Å². The van der Waals surface area contributed by atoms with Crippen LogP contribution in [0.15, 0.2) is 30.3 Å². The van der Waals surface area contributed by atoms with Crippen LogP contribution in [-0.2, 0) is 4.79 Å². The Morgan fingerprint density at radius 2 is 2.00 bits per heavy atom. The van der Waals surface area contributed by atoms with Gasteiger partial charge in [-0.25, -0.2) is 0 Å². The molecule has 1 aliphatic heterocycles. The van der Waals surface area contributed by atoms with Gasteiger partial charge in [0, 0.05) is 24.8 Å². The Hall–Kier alpha value is -1.26. The first-order valence-electron chi connectivity index (χ1n) is 7.44. The molecule has 2 atom stereocenters. The third-order valence-electron chi connectivity index (χ3n) is 3.88. The zero-order valence-electron chi connectivity index (χ0n) is 12.8. The molecular formula is C16H26ClN3O. The highest BCUT2D eigenvalue weighted by molar-refractivity contribution is 5.85. The molecule has 118 valence electrons. The van der Waals surface area contributed by atoms with Gasteiger partial charge >= 0.3 is 0 Å². The average Bonchev–Trinajstić information content (AvgIpc) is 2.47. The molecule has 0 saturated carbocycles. The van der Waals surface area contributed by atoms with E-state index in [-0.39, 0.29) is 30.3 Å². The van der Waals surface area contributed by atoms with E-state index in [1.807, 2.05) is 36.9 Å². The van der Waals surface area contributed by atoms with Crippen molar-refractivity contribution in [3.63, 3.8) is 0 Å². The number of anilines is 1. The molecule has 1 aromatic carbocycles. The van der Waals surface area contributed by atoms with Crippen molar-refractivity contribution in [2.75, 3.05) is 18.4 Å². The molecule has 5 heteroatoms. The zero-order chi connectivity index (χ0) is 14.5. The predicted octanol–water partition coefficient (Wildman–Crippen LogP) is 2.49. The third kappa shape index (κ3) is 4.90. The number of piperidine rings is 1. The minimum Gasteiger partial charge on any atom is -0.381 e. The van der Waals surface area contributed by atoms with E-state index in [1.54, 1.807) is 0 Å². The molecule has 1 unspecified atom stereocenters. The quantitative estimate of drug-likeness (QED) is 0.898. The van der Waals surface area contributed by atoms with Gasteiger partial charge in [-0.2, -0.15) is 0 Å². The maximum atomic E-state index is 12.3. The predicted molar refractivity (Wildman–Crippen MR) is 89.7 cm³/mol. The van der Waals surface area contributed by atoms with Gasteiger partial charge in [0.25, 0.3) is 0 Å². The molecule has 1 heterocycles. The van der Waals surface area contributed by atoms with E-state index >= 15 is 0 Å². The molecule has 0 radical (unpaired) electrons. The van der Waals surface area contributed by atoms with Crippen LogP contribution in [0.3, 0.4) is 0 Å². The van der Waals surface area contributed by atoms with E-state index in [0.29, 0.717) is 6.04 Å². The molecule has 0 bridgehead atoms. The highest BCUT2D eigenvalue weighted by atomic mass is 35.5. The molecule has 2 rings (SSSR count). The summed E-state index contributed by atoms with van der Waals surface area (Å²) in [5, 5.41) is 3.50. The number of para-hydroxylation sites is 1. The van der Waals surface area contributed by atoms with E-state index in [0.717, 1.165) is 31.6 Å². The number of amides is 1. The number of nitrogens with two attached hydrogens (primary N) is 1. The smallest absolute Gasteiger partial charge is 0.239 e. The summed E-state index contributed by atoms with van der Waals surface area (Å²) < 4.78 is 0. The second kappa shape index (κ2) is 8.25. The van der Waals surface area contributed by atoms with Gasteiger partial charge in [-0.15, -0.1) is 12.4 Å². The Bertz CT molecular complexity index is 438. The van der Waals surface area contributed by atoms with Gasteiger partial charge in [-0.05, 0) is 30.9 Å². The van der Waals surface area contributed by atoms with E-state index in [9.17, 15) is 4.79 Å². The fourth-order valence-electron chi connectivity index (χ4n) is 2.56. The summed E-state index contributed by atoms with van der Waals surface area (Å²) in [5.74, 6) is 0.268. The Morgan fingerprint density at radius 3 is 2.62 bits per heavy atom. The van der Waals surface area contributed by atoms with E-state index in [4.69, 9.17) is 5.73 Å². The highest BCUT2D eigenvalue weighted by Gasteiger charge is 2.28. The number of hydrogen-bond acceptors (Lipinski definition) is 3. The van der Waals surface area contributed by atoms with Crippen molar-refractivity contribution in [1.29, 1.82) is 0 Å². The lowest BCUT2D eigenvalue weighted by Gasteiger charge is -2.35. The van der Waals surface area contributed by atoms with Crippen LogP contribution in [0.2, 0.25) is 0 Å². The Morgan fingerprint density at radius 1 is 1.33 bits per heavy atom. The zero-order valence-corrected chi connectivity index (χ0v) is 13.6. The normalized spacial score (nSPS) is 19.8. The van der Waals surface area contributed by atoms with Gasteiger partial charge in [0.1, 0.15) is 0 Å². The van der Waals surface area contributed by atoms with Gasteiger partial charge in [-0.1, -0.05) is 32.0 Å². The number of benzene rings is 1. The van der Waals surface area contributed by atoms with Crippen LogP contribution in [0.5, 0.6) is 0 Å². The van der Waals surface area contributed by atoms with Gasteiger partial charge in [-0.3, -0.25) is 4.79 Å². The lowest BCUT2D eigenvalue weighted by Crippen LogP contribution is -2.52. The molecule has 0 aromatic heterocycles. The number of nitrogens with one attached hydrogen (secondary N) is 1. The molecule has 1 fully saturated rings. The largest absolute Gasteiger partial charge is 0.381 e. The summed E-state index contributed by atoms with van der Waals surface area (Å²) in [6.45, 7) is 5.55. The molecule has 0 aliphatic carbocycles. The number of carbonyl (C=O) groups is 1. The minimum absolute atomic E-state index is 0. The lowest BCUT2D eigenvalue weighted by molar-refractivity contribution is -0.134. The van der Waals surface area contributed by atoms with Crippen LogP contribution in [0.25, 0.3) is 0 Å². The highest BCUT2D eigenvalue weighted by Crippen LogP contribution is 2.17. The summed E-state index contributed by atoms with van der Waals surface area (Å²) in [5.41, 5.74) is 7.09. The second-order valence-corrected chi connectivity index (χ2v) is 5.90. The van der Waals surface area contributed by atoms with Gasteiger partial charge in [0.2, 0.25) is 5.91 Å². The first-order chi connectivity index (χ1) is 9.58. The Balaban J connectivity index is 0.00000220. The van der Waals surface area contributed by atoms with Crippen LogP contribution < -0.4 is 11.1 Å². The summed E-state index contributed by atoms with van der Waals surface area (Å²) in [7, 11) is 0.